The van der Waals surface area contributed by atoms with Gasteiger partial charge < -0.3 is 19.5 Å². The lowest BCUT2D eigenvalue weighted by Gasteiger charge is -2.21. The first-order valence-electron chi connectivity index (χ1n) is 11.2. The van der Waals surface area contributed by atoms with Crippen molar-refractivity contribution in [1.82, 2.24) is 19.1 Å². The van der Waals surface area contributed by atoms with Crippen LogP contribution in [0.5, 0.6) is 11.6 Å². The van der Waals surface area contributed by atoms with Crippen LogP contribution in [0.4, 0.5) is 19.0 Å². The molecular weight excluding hydrogens is 531 g/mol. The van der Waals surface area contributed by atoms with E-state index >= 15 is 0 Å². The van der Waals surface area contributed by atoms with E-state index in [0.29, 0.717) is 23.4 Å². The van der Waals surface area contributed by atoms with Crippen LogP contribution < -0.4 is 25.6 Å². The van der Waals surface area contributed by atoms with Crippen molar-refractivity contribution < 1.29 is 27.8 Å². The smallest absolute Gasteiger partial charge is 0.387 e. The van der Waals surface area contributed by atoms with Crippen molar-refractivity contribution in [3.8, 4) is 23.0 Å². The van der Waals surface area contributed by atoms with Crippen LogP contribution in [0.15, 0.2) is 52.3 Å². The summed E-state index contributed by atoms with van der Waals surface area (Å²) in [5, 5.41) is 9.59. The van der Waals surface area contributed by atoms with Crippen LogP contribution in [0.3, 0.4) is 0 Å². The van der Waals surface area contributed by atoms with Crippen LogP contribution in [0.25, 0.3) is 22.3 Å². The molecule has 4 aromatic rings. The topological polar surface area (TPSA) is 112 Å². The van der Waals surface area contributed by atoms with Crippen LogP contribution in [0, 0.1) is 5.82 Å². The molecule has 5 rings (SSSR count). The van der Waals surface area contributed by atoms with E-state index in [1.807, 2.05) is 0 Å². The number of hydrogen-bond acceptors (Lipinski definition) is 8. The number of pyridine rings is 2. The molecule has 1 aliphatic rings. The second kappa shape index (κ2) is 9.99. The van der Waals surface area contributed by atoms with Gasteiger partial charge >= 0.3 is 12.3 Å². The van der Waals surface area contributed by atoms with Gasteiger partial charge in [-0.15, -0.1) is 0 Å². The molecule has 1 fully saturated rings. The zero-order valence-corrected chi connectivity index (χ0v) is 20.4. The first kappa shape index (κ1) is 25.5. The van der Waals surface area contributed by atoms with Crippen molar-refractivity contribution in [3.63, 3.8) is 0 Å². The van der Waals surface area contributed by atoms with E-state index in [0.717, 1.165) is 29.1 Å². The molecule has 0 amide bonds. The Morgan fingerprint density at radius 1 is 1.13 bits per heavy atom. The molecule has 3 aromatic heterocycles. The van der Waals surface area contributed by atoms with Gasteiger partial charge in [-0.2, -0.15) is 13.8 Å². The fourth-order valence-electron chi connectivity index (χ4n) is 4.33. The van der Waals surface area contributed by atoms with Crippen LogP contribution in [0.2, 0.25) is 5.02 Å². The third-order valence-electron chi connectivity index (χ3n) is 6.02. The van der Waals surface area contributed by atoms with Gasteiger partial charge in [0.15, 0.2) is 0 Å². The number of benzene rings is 1. The Labute approximate surface area is 217 Å². The summed E-state index contributed by atoms with van der Waals surface area (Å²) in [4.78, 5) is 37.6. The highest BCUT2D eigenvalue weighted by Gasteiger charge is 2.26. The first-order valence-corrected chi connectivity index (χ1v) is 11.6. The van der Waals surface area contributed by atoms with Crippen LogP contribution in [0.1, 0.15) is 6.42 Å². The van der Waals surface area contributed by atoms with Gasteiger partial charge in [-0.05, 0) is 24.6 Å². The van der Waals surface area contributed by atoms with E-state index < -0.39 is 29.8 Å². The Hall–Kier alpha value is -4.10. The van der Waals surface area contributed by atoms with E-state index in [4.69, 9.17) is 16.3 Å². The summed E-state index contributed by atoms with van der Waals surface area (Å²) in [6.45, 7) is -2.42. The molecule has 0 aliphatic carbocycles. The van der Waals surface area contributed by atoms with Gasteiger partial charge in [0.2, 0.25) is 5.88 Å². The van der Waals surface area contributed by atoms with Crippen LogP contribution in [-0.2, 0) is 0 Å². The summed E-state index contributed by atoms with van der Waals surface area (Å²) < 4.78 is 51.2. The molecule has 1 aliphatic heterocycles. The van der Waals surface area contributed by atoms with Crippen molar-refractivity contribution >= 4 is 28.3 Å². The SMILES string of the molecule is COc1nc(N2CC[C@@H](O)C2)cc2c1c(=O)n(-c1cncc(OC(F)F)c1)c(=O)n2-c1ccc(F)c(Cl)c1. The Balaban J connectivity index is 1.87. The van der Waals surface area contributed by atoms with E-state index in [1.165, 1.54) is 25.3 Å². The third kappa shape index (κ3) is 4.54. The van der Waals surface area contributed by atoms with Crippen molar-refractivity contribution in [2.45, 2.75) is 19.1 Å². The zero-order chi connectivity index (χ0) is 27.1. The van der Waals surface area contributed by atoms with Gasteiger partial charge in [-0.3, -0.25) is 14.3 Å². The van der Waals surface area contributed by atoms with Crippen LogP contribution >= 0.6 is 11.6 Å². The molecule has 0 bridgehead atoms. The maximum atomic E-state index is 14.0. The highest BCUT2D eigenvalue weighted by Crippen LogP contribution is 2.30. The number of aliphatic hydroxyl groups is 1. The third-order valence-corrected chi connectivity index (χ3v) is 6.31. The maximum absolute atomic E-state index is 14.0. The standard InChI is InChI=1S/C24H19ClF3N5O5/c1-37-21-20-18(8-19(30-21)31-5-4-14(34)11-31)32(12-2-3-17(26)16(25)7-12)24(36)33(22(20)35)13-6-15(10-29-9-13)38-23(27)28/h2-3,6-10,14,23,34H,4-5,11H2,1H3/t14-/m1/s1. The lowest BCUT2D eigenvalue weighted by Crippen LogP contribution is -2.39. The van der Waals surface area contributed by atoms with E-state index in [9.17, 15) is 27.9 Å². The van der Waals surface area contributed by atoms with E-state index in [2.05, 4.69) is 14.7 Å². The molecule has 0 saturated carbocycles. The Bertz CT molecular complexity index is 1660. The second-order valence-electron chi connectivity index (χ2n) is 8.39. The zero-order valence-electron chi connectivity index (χ0n) is 19.6. The molecule has 198 valence electrons. The number of aromatic nitrogens is 4. The van der Waals surface area contributed by atoms with Gasteiger partial charge in [0.25, 0.3) is 5.56 Å². The molecule has 1 saturated heterocycles. The monoisotopic (exact) mass is 549 g/mol. The quantitative estimate of drug-likeness (QED) is 0.391. The number of rotatable bonds is 6. The number of anilines is 1. The van der Waals surface area contributed by atoms with E-state index in [-0.39, 0.29) is 45.5 Å². The summed E-state index contributed by atoms with van der Waals surface area (Å²) in [6.07, 6.45) is 2.03. The predicted molar refractivity (Wildman–Crippen MR) is 132 cm³/mol. The highest BCUT2D eigenvalue weighted by atomic mass is 35.5. The summed E-state index contributed by atoms with van der Waals surface area (Å²) in [6, 6.07) is 6.08. The van der Waals surface area contributed by atoms with Crippen molar-refractivity contribution in [1.29, 1.82) is 0 Å². The molecular formula is C24H19ClF3N5O5. The van der Waals surface area contributed by atoms with Crippen LogP contribution in [-0.4, -0.2) is 57.1 Å². The lowest BCUT2D eigenvalue weighted by atomic mass is 10.2. The summed E-state index contributed by atoms with van der Waals surface area (Å²) in [7, 11) is 1.29. The first-order chi connectivity index (χ1) is 18.2. The summed E-state index contributed by atoms with van der Waals surface area (Å²) >= 11 is 6.00. The Kier molecular flexibility index (Phi) is 6.71. The highest BCUT2D eigenvalue weighted by molar-refractivity contribution is 6.30. The summed E-state index contributed by atoms with van der Waals surface area (Å²) in [5.74, 6) is -0.910. The molecule has 4 heterocycles. The fourth-order valence-corrected chi connectivity index (χ4v) is 4.51. The van der Waals surface area contributed by atoms with Crippen molar-refractivity contribution in [2.24, 2.45) is 0 Å². The predicted octanol–water partition coefficient (Wildman–Crippen LogP) is 2.91. The van der Waals surface area contributed by atoms with Crippen molar-refractivity contribution in [3.05, 3.63) is 74.4 Å². The molecule has 1 atom stereocenters. The van der Waals surface area contributed by atoms with E-state index in [1.54, 1.807) is 4.90 Å². The largest absolute Gasteiger partial charge is 0.480 e. The number of β-amino-alcohol motifs (C(OH)–C–C–N with tert-alkyl or cyclic N) is 1. The molecule has 38 heavy (non-hydrogen) atoms. The van der Waals surface area contributed by atoms with Gasteiger partial charge in [-0.25, -0.2) is 13.8 Å². The normalized spacial score (nSPS) is 15.4. The van der Waals surface area contributed by atoms with Gasteiger partial charge in [0.1, 0.15) is 22.8 Å². The molecule has 1 N–H and O–H groups in total. The number of hydrogen-bond donors (Lipinski definition) is 1. The minimum Gasteiger partial charge on any atom is -0.480 e. The molecule has 0 unspecified atom stereocenters. The number of fused-ring (bicyclic) bond motifs is 1. The second-order valence-corrected chi connectivity index (χ2v) is 8.79. The summed E-state index contributed by atoms with van der Waals surface area (Å²) in [5.41, 5.74) is -1.80. The Morgan fingerprint density at radius 2 is 1.92 bits per heavy atom. The average molecular weight is 550 g/mol. The average Bonchev–Trinajstić information content (AvgIpc) is 3.31. The Morgan fingerprint density at radius 3 is 2.58 bits per heavy atom. The number of aliphatic hydroxyl groups excluding tert-OH is 1. The molecule has 10 nitrogen and oxygen atoms in total. The minimum atomic E-state index is -3.16. The lowest BCUT2D eigenvalue weighted by molar-refractivity contribution is -0.0500. The van der Waals surface area contributed by atoms with Gasteiger partial charge in [-0.1, -0.05) is 11.6 Å². The number of halogens is 4. The van der Waals surface area contributed by atoms with Crippen molar-refractivity contribution in [2.75, 3.05) is 25.1 Å². The molecule has 0 radical (unpaired) electrons. The number of nitrogens with zero attached hydrogens (tertiary/aromatic N) is 5. The van der Waals surface area contributed by atoms with Gasteiger partial charge in [0.05, 0.1) is 47.5 Å². The number of ether oxygens (including phenoxy) is 2. The molecule has 0 spiro atoms. The molecule has 14 heteroatoms. The molecule has 1 aromatic carbocycles. The minimum absolute atomic E-state index is 0.0649. The maximum Gasteiger partial charge on any atom is 0.387 e. The fraction of sp³-hybridized carbons (Fsp3) is 0.250. The van der Waals surface area contributed by atoms with Gasteiger partial charge in [0, 0.05) is 25.2 Å². The number of alkyl halides is 2. The number of methoxy groups -OCH3 is 1.